The van der Waals surface area contributed by atoms with E-state index in [2.05, 4.69) is 20.2 Å². The maximum atomic E-state index is 12.4. The normalized spacial score (nSPS) is 13.5. The Kier molecular flexibility index (Phi) is 5.09. The Morgan fingerprint density at radius 2 is 2.19 bits per heavy atom. The Morgan fingerprint density at radius 3 is 2.81 bits per heavy atom. The predicted molar refractivity (Wildman–Crippen MR) is 81.4 cm³/mol. The van der Waals surface area contributed by atoms with Crippen molar-refractivity contribution in [2.45, 2.75) is 30.6 Å². The number of sulfonamides is 1. The van der Waals surface area contributed by atoms with Crippen molar-refractivity contribution >= 4 is 21.4 Å². The molecule has 0 saturated carbocycles. The molecule has 0 aromatic carbocycles. The molecular weight excluding hydrogens is 310 g/mol. The average molecular weight is 329 g/mol. The quantitative estimate of drug-likeness (QED) is 0.792. The standard InChI is InChI=1S/C12H19N5O2S2/c1-4-13-7-10-5-6-11(20-10)21(18,19)16-9(2)12-15-14-8-17(12)3/h5-6,8-9,13,16H,4,7H2,1-3H3. The van der Waals surface area contributed by atoms with Gasteiger partial charge in [-0.05, 0) is 25.6 Å². The second kappa shape index (κ2) is 6.65. The zero-order valence-corrected chi connectivity index (χ0v) is 13.8. The van der Waals surface area contributed by atoms with E-state index < -0.39 is 16.1 Å². The van der Waals surface area contributed by atoms with Crippen molar-refractivity contribution in [2.75, 3.05) is 6.54 Å². The summed E-state index contributed by atoms with van der Waals surface area (Å²) in [5.74, 6) is 0.572. The van der Waals surface area contributed by atoms with Crippen LogP contribution in [0.15, 0.2) is 22.7 Å². The number of aromatic nitrogens is 3. The number of nitrogens with zero attached hydrogens (tertiary/aromatic N) is 3. The van der Waals surface area contributed by atoms with Crippen molar-refractivity contribution in [2.24, 2.45) is 7.05 Å². The monoisotopic (exact) mass is 329 g/mol. The predicted octanol–water partition coefficient (Wildman–Crippen LogP) is 1.03. The molecule has 7 nitrogen and oxygen atoms in total. The molecule has 0 aliphatic carbocycles. The molecule has 0 aliphatic heterocycles. The molecule has 0 bridgehead atoms. The van der Waals surface area contributed by atoms with Crippen molar-refractivity contribution in [1.29, 1.82) is 0 Å². The zero-order valence-electron chi connectivity index (χ0n) is 12.2. The Hall–Kier alpha value is -1.29. The van der Waals surface area contributed by atoms with E-state index in [4.69, 9.17) is 0 Å². The SMILES string of the molecule is CCNCc1ccc(S(=O)(=O)NC(C)c2nncn2C)s1. The second-order valence-corrected chi connectivity index (χ2v) is 7.75. The second-order valence-electron chi connectivity index (χ2n) is 4.64. The number of thiophene rings is 1. The van der Waals surface area contributed by atoms with Crippen molar-refractivity contribution in [1.82, 2.24) is 24.8 Å². The fourth-order valence-corrected chi connectivity index (χ4v) is 4.42. The van der Waals surface area contributed by atoms with Crippen LogP contribution in [0.5, 0.6) is 0 Å². The molecule has 1 unspecified atom stereocenters. The molecule has 0 amide bonds. The highest BCUT2D eigenvalue weighted by atomic mass is 32.2. The van der Waals surface area contributed by atoms with Crippen molar-refractivity contribution < 1.29 is 8.42 Å². The molecule has 0 saturated heterocycles. The van der Waals surface area contributed by atoms with Gasteiger partial charge in [0.25, 0.3) is 10.0 Å². The van der Waals surface area contributed by atoms with Gasteiger partial charge < -0.3 is 9.88 Å². The first-order valence-corrected chi connectivity index (χ1v) is 8.89. The Labute approximate surface area is 128 Å². The molecule has 1 atom stereocenters. The molecule has 9 heteroatoms. The molecule has 0 spiro atoms. The van der Waals surface area contributed by atoms with Crippen LogP contribution in [-0.2, 0) is 23.6 Å². The molecular formula is C12H19N5O2S2. The van der Waals surface area contributed by atoms with Gasteiger partial charge in [-0.2, -0.15) is 0 Å². The number of nitrogens with one attached hydrogen (secondary N) is 2. The van der Waals surface area contributed by atoms with E-state index in [0.29, 0.717) is 16.6 Å². The lowest BCUT2D eigenvalue weighted by atomic mass is 10.3. The van der Waals surface area contributed by atoms with E-state index in [1.165, 1.54) is 11.3 Å². The van der Waals surface area contributed by atoms with E-state index in [-0.39, 0.29) is 0 Å². The van der Waals surface area contributed by atoms with Gasteiger partial charge in [-0.3, -0.25) is 0 Å². The molecule has 0 aliphatic rings. The van der Waals surface area contributed by atoms with Gasteiger partial charge in [0.05, 0.1) is 6.04 Å². The highest BCUT2D eigenvalue weighted by Gasteiger charge is 2.22. The molecule has 2 rings (SSSR count). The van der Waals surface area contributed by atoms with Gasteiger partial charge >= 0.3 is 0 Å². The first kappa shape index (κ1) is 16.1. The van der Waals surface area contributed by atoms with Crippen LogP contribution in [0.2, 0.25) is 0 Å². The fraction of sp³-hybridized carbons (Fsp3) is 0.500. The van der Waals surface area contributed by atoms with Gasteiger partial charge in [0.2, 0.25) is 0 Å². The number of hydrogen-bond acceptors (Lipinski definition) is 6. The van der Waals surface area contributed by atoms with E-state index >= 15 is 0 Å². The van der Waals surface area contributed by atoms with Crippen molar-refractivity contribution in [3.63, 3.8) is 0 Å². The van der Waals surface area contributed by atoms with Crippen LogP contribution >= 0.6 is 11.3 Å². The van der Waals surface area contributed by atoms with E-state index in [9.17, 15) is 8.42 Å². The highest BCUT2D eigenvalue weighted by Crippen LogP contribution is 2.23. The van der Waals surface area contributed by atoms with Gasteiger partial charge in [0, 0.05) is 18.5 Å². The number of rotatable bonds is 7. The van der Waals surface area contributed by atoms with Crippen molar-refractivity contribution in [3.05, 3.63) is 29.2 Å². The summed E-state index contributed by atoms with van der Waals surface area (Å²) in [5.41, 5.74) is 0. The number of aryl methyl sites for hydroxylation is 1. The van der Waals surface area contributed by atoms with Crippen molar-refractivity contribution in [3.8, 4) is 0 Å². The molecule has 2 N–H and O–H groups in total. The van der Waals surface area contributed by atoms with Crippen LogP contribution in [0.4, 0.5) is 0 Å². The highest BCUT2D eigenvalue weighted by molar-refractivity contribution is 7.91. The maximum absolute atomic E-state index is 12.4. The molecule has 2 heterocycles. The lowest BCUT2D eigenvalue weighted by Gasteiger charge is -2.12. The molecule has 116 valence electrons. The number of hydrogen-bond donors (Lipinski definition) is 2. The summed E-state index contributed by atoms with van der Waals surface area (Å²) in [5, 5.41) is 10.8. The third-order valence-electron chi connectivity index (χ3n) is 2.92. The van der Waals surface area contributed by atoms with E-state index in [0.717, 1.165) is 11.4 Å². The summed E-state index contributed by atoms with van der Waals surface area (Å²) in [6, 6.07) is 3.01. The van der Waals surface area contributed by atoms with Gasteiger partial charge in [-0.15, -0.1) is 21.5 Å². The first-order valence-electron chi connectivity index (χ1n) is 6.59. The Morgan fingerprint density at radius 1 is 1.43 bits per heavy atom. The Bertz CT molecular complexity index is 692. The average Bonchev–Trinajstić information content (AvgIpc) is 3.04. The summed E-state index contributed by atoms with van der Waals surface area (Å²) in [6.45, 7) is 5.28. The summed E-state index contributed by atoms with van der Waals surface area (Å²) < 4.78 is 29.3. The van der Waals surface area contributed by atoms with Gasteiger partial charge in [-0.25, -0.2) is 13.1 Å². The van der Waals surface area contributed by atoms with Crippen LogP contribution in [0.25, 0.3) is 0 Å². The molecule has 2 aromatic rings. The lowest BCUT2D eigenvalue weighted by Crippen LogP contribution is -2.28. The maximum Gasteiger partial charge on any atom is 0.250 e. The molecule has 2 aromatic heterocycles. The van der Waals surface area contributed by atoms with Crippen LogP contribution < -0.4 is 10.0 Å². The first-order chi connectivity index (χ1) is 9.94. The largest absolute Gasteiger partial charge is 0.319 e. The van der Waals surface area contributed by atoms with Gasteiger partial charge in [0.15, 0.2) is 0 Å². The molecule has 0 radical (unpaired) electrons. The fourth-order valence-electron chi connectivity index (χ4n) is 1.87. The third-order valence-corrected chi connectivity index (χ3v) is 6.03. The minimum atomic E-state index is -3.55. The van der Waals surface area contributed by atoms with Crippen LogP contribution in [0.1, 0.15) is 30.6 Å². The van der Waals surface area contributed by atoms with Gasteiger partial charge in [-0.1, -0.05) is 6.92 Å². The Balaban J connectivity index is 2.11. The van der Waals surface area contributed by atoms with E-state index in [1.807, 2.05) is 13.0 Å². The summed E-state index contributed by atoms with van der Waals surface area (Å²) >= 11 is 1.27. The van der Waals surface area contributed by atoms with Gasteiger partial charge in [0.1, 0.15) is 16.4 Å². The topological polar surface area (TPSA) is 88.9 Å². The molecule has 0 fully saturated rings. The summed E-state index contributed by atoms with van der Waals surface area (Å²) in [4.78, 5) is 0.989. The van der Waals surface area contributed by atoms with Crippen LogP contribution in [0.3, 0.4) is 0 Å². The minimum Gasteiger partial charge on any atom is -0.319 e. The van der Waals surface area contributed by atoms with Crippen LogP contribution in [0, 0.1) is 0 Å². The summed E-state index contributed by atoms with van der Waals surface area (Å²) in [6.07, 6.45) is 1.54. The smallest absolute Gasteiger partial charge is 0.250 e. The van der Waals surface area contributed by atoms with E-state index in [1.54, 1.807) is 30.9 Å². The third kappa shape index (κ3) is 3.88. The summed E-state index contributed by atoms with van der Waals surface area (Å²) in [7, 11) is -1.77. The zero-order chi connectivity index (χ0) is 15.5. The lowest BCUT2D eigenvalue weighted by molar-refractivity contribution is 0.555. The molecule has 21 heavy (non-hydrogen) atoms. The van der Waals surface area contributed by atoms with Crippen LogP contribution in [-0.4, -0.2) is 29.7 Å². The minimum absolute atomic E-state index is 0.310.